The second-order valence-electron chi connectivity index (χ2n) is 5.50. The third-order valence-corrected chi connectivity index (χ3v) is 4.22. The molecule has 1 atom stereocenters. The normalized spacial score (nSPS) is 12.2. The molecule has 112 valence electrons. The molecule has 0 saturated heterocycles. The first-order valence-electron chi connectivity index (χ1n) is 7.36. The van der Waals surface area contributed by atoms with Crippen LogP contribution in [0.15, 0.2) is 42.5 Å². The predicted octanol–water partition coefficient (Wildman–Crippen LogP) is 4.70. The van der Waals surface area contributed by atoms with Crippen LogP contribution >= 0.6 is 11.6 Å². The fourth-order valence-corrected chi connectivity index (χ4v) is 2.62. The monoisotopic (exact) mass is 302 g/mol. The summed E-state index contributed by atoms with van der Waals surface area (Å²) in [4.78, 5) is 2.17. The highest BCUT2D eigenvalue weighted by molar-refractivity contribution is 6.31. The molecule has 21 heavy (non-hydrogen) atoms. The number of aryl methyl sites for hydroxylation is 1. The van der Waals surface area contributed by atoms with Gasteiger partial charge in [0.15, 0.2) is 0 Å². The minimum atomic E-state index is 0.134. The Bertz CT molecular complexity index is 593. The Morgan fingerprint density at radius 3 is 2.43 bits per heavy atom. The molecule has 0 bridgehead atoms. The van der Waals surface area contributed by atoms with Crippen LogP contribution in [0.2, 0.25) is 5.02 Å². The molecule has 2 aromatic carbocycles. The van der Waals surface area contributed by atoms with Crippen LogP contribution in [0.5, 0.6) is 0 Å². The van der Waals surface area contributed by atoms with Crippen LogP contribution < -0.4 is 10.6 Å². The zero-order valence-corrected chi connectivity index (χ0v) is 13.7. The molecule has 0 aliphatic carbocycles. The molecular formula is C18H23ClN2. The highest BCUT2D eigenvalue weighted by atomic mass is 35.5. The summed E-state index contributed by atoms with van der Waals surface area (Å²) in [6.45, 7) is 4.19. The average molecular weight is 303 g/mol. The smallest absolute Gasteiger partial charge is 0.0459 e. The van der Waals surface area contributed by atoms with Crippen LogP contribution in [-0.4, -0.2) is 13.1 Å². The summed E-state index contributed by atoms with van der Waals surface area (Å²) in [7, 11) is 2.07. The van der Waals surface area contributed by atoms with E-state index in [1.165, 1.54) is 5.56 Å². The Balaban J connectivity index is 2.38. The van der Waals surface area contributed by atoms with Crippen LogP contribution in [0, 0.1) is 6.92 Å². The van der Waals surface area contributed by atoms with E-state index in [9.17, 15) is 0 Å². The van der Waals surface area contributed by atoms with Crippen molar-refractivity contribution in [3.63, 3.8) is 0 Å². The Morgan fingerprint density at radius 2 is 1.81 bits per heavy atom. The molecule has 0 fully saturated rings. The lowest BCUT2D eigenvalue weighted by Crippen LogP contribution is -2.23. The van der Waals surface area contributed by atoms with Crippen LogP contribution in [0.4, 0.5) is 11.4 Å². The van der Waals surface area contributed by atoms with Crippen molar-refractivity contribution in [2.24, 2.45) is 5.73 Å². The van der Waals surface area contributed by atoms with Crippen molar-refractivity contribution in [3.05, 3.63) is 58.6 Å². The topological polar surface area (TPSA) is 29.3 Å². The Kier molecular flexibility index (Phi) is 5.27. The maximum absolute atomic E-state index is 6.40. The van der Waals surface area contributed by atoms with E-state index < -0.39 is 0 Å². The molecule has 0 aliphatic heterocycles. The number of nitrogens with two attached hydrogens (primary N) is 1. The molecule has 1 unspecified atom stereocenters. The van der Waals surface area contributed by atoms with Crippen LogP contribution in [0.3, 0.4) is 0 Å². The Morgan fingerprint density at radius 1 is 1.14 bits per heavy atom. The highest BCUT2D eigenvalue weighted by Gasteiger charge is 2.14. The van der Waals surface area contributed by atoms with Gasteiger partial charge in [-0.2, -0.15) is 0 Å². The zero-order chi connectivity index (χ0) is 15.4. The van der Waals surface area contributed by atoms with Crippen molar-refractivity contribution < 1.29 is 0 Å². The summed E-state index contributed by atoms with van der Waals surface area (Å²) in [5.41, 5.74) is 10.8. The summed E-state index contributed by atoms with van der Waals surface area (Å²) in [5, 5.41) is 0.787. The summed E-state index contributed by atoms with van der Waals surface area (Å²) < 4.78 is 0. The molecule has 3 heteroatoms. The van der Waals surface area contributed by atoms with E-state index in [4.69, 9.17) is 17.3 Å². The lowest BCUT2D eigenvalue weighted by atomic mass is 10.0. The number of hydrogen-bond acceptors (Lipinski definition) is 2. The number of anilines is 2. The second kappa shape index (κ2) is 6.97. The maximum Gasteiger partial charge on any atom is 0.0459 e. The number of halogens is 1. The average Bonchev–Trinajstić information content (AvgIpc) is 2.49. The van der Waals surface area contributed by atoms with Gasteiger partial charge in [0, 0.05) is 29.5 Å². The molecule has 0 saturated carbocycles. The number of hydrogen-bond donors (Lipinski definition) is 1. The van der Waals surface area contributed by atoms with Gasteiger partial charge in [0.1, 0.15) is 0 Å². The highest BCUT2D eigenvalue weighted by Crippen LogP contribution is 2.32. The van der Waals surface area contributed by atoms with Crippen molar-refractivity contribution in [2.45, 2.75) is 32.7 Å². The summed E-state index contributed by atoms with van der Waals surface area (Å²) in [6.07, 6.45) is 1.74. The summed E-state index contributed by atoms with van der Waals surface area (Å²) in [5.74, 6) is 0. The van der Waals surface area contributed by atoms with Gasteiger partial charge >= 0.3 is 0 Å². The van der Waals surface area contributed by atoms with E-state index in [1.807, 2.05) is 12.1 Å². The van der Waals surface area contributed by atoms with Crippen molar-refractivity contribution in [1.29, 1.82) is 0 Å². The zero-order valence-electron chi connectivity index (χ0n) is 12.9. The fourth-order valence-electron chi connectivity index (χ4n) is 2.38. The number of rotatable bonds is 5. The third-order valence-electron chi connectivity index (χ3n) is 3.87. The SMILES string of the molecule is CCC(N)Cc1c(Cl)cccc1N(C)c1ccc(C)cc1. The standard InChI is InChI=1S/C18H23ClN2/c1-4-14(20)12-16-17(19)6-5-7-18(16)21(3)15-10-8-13(2)9-11-15/h5-11,14H,4,12,20H2,1-3H3. The summed E-state index contributed by atoms with van der Waals surface area (Å²) >= 11 is 6.40. The molecule has 0 amide bonds. The maximum atomic E-state index is 6.40. The van der Waals surface area contributed by atoms with Gasteiger partial charge in [-0.25, -0.2) is 0 Å². The lowest BCUT2D eigenvalue weighted by Gasteiger charge is -2.24. The second-order valence-corrected chi connectivity index (χ2v) is 5.91. The van der Waals surface area contributed by atoms with E-state index in [1.54, 1.807) is 0 Å². The molecule has 0 aromatic heterocycles. The predicted molar refractivity (Wildman–Crippen MR) is 92.7 cm³/mol. The van der Waals surface area contributed by atoms with Crippen molar-refractivity contribution in [3.8, 4) is 0 Å². The molecule has 0 heterocycles. The fraction of sp³-hybridized carbons (Fsp3) is 0.333. The molecule has 2 nitrogen and oxygen atoms in total. The van der Waals surface area contributed by atoms with E-state index in [2.05, 4.69) is 56.1 Å². The van der Waals surface area contributed by atoms with Gasteiger partial charge in [0.25, 0.3) is 0 Å². The first-order chi connectivity index (χ1) is 10.0. The Labute approximate surface area is 132 Å². The van der Waals surface area contributed by atoms with E-state index in [0.717, 1.165) is 34.8 Å². The van der Waals surface area contributed by atoms with Gasteiger partial charge in [-0.1, -0.05) is 42.3 Å². The van der Waals surface area contributed by atoms with E-state index in [0.29, 0.717) is 0 Å². The minimum Gasteiger partial charge on any atom is -0.344 e. The number of benzene rings is 2. The summed E-state index contributed by atoms with van der Waals surface area (Å²) in [6, 6.07) is 14.6. The molecular weight excluding hydrogens is 280 g/mol. The molecule has 2 N–H and O–H groups in total. The van der Waals surface area contributed by atoms with E-state index >= 15 is 0 Å². The van der Waals surface area contributed by atoms with Gasteiger partial charge in [-0.05, 0) is 49.6 Å². The molecule has 2 aromatic rings. The third kappa shape index (κ3) is 3.78. The first-order valence-corrected chi connectivity index (χ1v) is 7.74. The van der Waals surface area contributed by atoms with Crippen LogP contribution in [-0.2, 0) is 6.42 Å². The van der Waals surface area contributed by atoms with Crippen molar-refractivity contribution >= 4 is 23.0 Å². The molecule has 0 spiro atoms. The van der Waals surface area contributed by atoms with Crippen molar-refractivity contribution in [2.75, 3.05) is 11.9 Å². The van der Waals surface area contributed by atoms with Gasteiger partial charge in [0.2, 0.25) is 0 Å². The molecule has 0 aliphatic rings. The van der Waals surface area contributed by atoms with Gasteiger partial charge in [-0.3, -0.25) is 0 Å². The van der Waals surface area contributed by atoms with Gasteiger partial charge in [-0.15, -0.1) is 0 Å². The largest absolute Gasteiger partial charge is 0.344 e. The quantitative estimate of drug-likeness (QED) is 0.867. The van der Waals surface area contributed by atoms with Crippen LogP contribution in [0.25, 0.3) is 0 Å². The first kappa shape index (κ1) is 15.9. The van der Waals surface area contributed by atoms with Gasteiger partial charge < -0.3 is 10.6 Å². The minimum absolute atomic E-state index is 0.134. The van der Waals surface area contributed by atoms with Crippen molar-refractivity contribution in [1.82, 2.24) is 0 Å². The van der Waals surface area contributed by atoms with Gasteiger partial charge in [0.05, 0.1) is 0 Å². The van der Waals surface area contributed by atoms with E-state index in [-0.39, 0.29) is 6.04 Å². The lowest BCUT2D eigenvalue weighted by molar-refractivity contribution is 0.646. The molecule has 0 radical (unpaired) electrons. The molecule has 2 rings (SSSR count). The number of nitrogens with zero attached hydrogens (tertiary/aromatic N) is 1. The van der Waals surface area contributed by atoms with Crippen LogP contribution in [0.1, 0.15) is 24.5 Å². The Hall–Kier alpha value is -1.51.